The molecule has 2 fully saturated rings. The molecule has 2 aliphatic rings. The average molecular weight is 404 g/mol. The molecular formula is C24H41N3S. The SMILES string of the molecule is C=C1CC[C@@H]2C(C)(C)CCC[C@]2(C)[C@H]1CC/C(C)=C\CC/C(C)=N\NC(N)=S. The normalized spacial score (nSPS) is 30.7. The third-order valence-corrected chi connectivity index (χ3v) is 7.59. The summed E-state index contributed by atoms with van der Waals surface area (Å²) in [6.45, 7) is 16.4. The lowest BCUT2D eigenvalue weighted by Crippen LogP contribution is -2.49. The zero-order chi connectivity index (χ0) is 20.9. The number of nitrogens with one attached hydrogen (secondary N) is 1. The summed E-state index contributed by atoms with van der Waals surface area (Å²) in [6, 6.07) is 0. The van der Waals surface area contributed by atoms with Crippen LogP contribution in [0.25, 0.3) is 0 Å². The van der Waals surface area contributed by atoms with Gasteiger partial charge in [0, 0.05) is 5.71 Å². The molecule has 3 atom stereocenters. The number of fused-ring (bicyclic) bond motifs is 1. The van der Waals surface area contributed by atoms with Crippen LogP contribution in [0.2, 0.25) is 0 Å². The second-order valence-electron chi connectivity index (χ2n) is 10.1. The van der Waals surface area contributed by atoms with Gasteiger partial charge in [-0.25, -0.2) is 0 Å². The standard InChI is InChI=1S/C24H41N3S/c1-17(9-7-10-19(3)26-27-22(25)28)11-13-20-18(2)12-14-21-23(4,5)15-8-16-24(20,21)6/h9,20-21H,2,7-8,10-16H2,1,3-6H3,(H3,25,27,28)/b17-9-,26-19-/t20-,21+,24+/m0/s1. The van der Waals surface area contributed by atoms with E-state index in [9.17, 15) is 0 Å². The molecule has 2 saturated carbocycles. The van der Waals surface area contributed by atoms with Gasteiger partial charge >= 0.3 is 0 Å². The number of hydrogen-bond donors (Lipinski definition) is 2. The highest BCUT2D eigenvalue weighted by Gasteiger charge is 2.52. The molecule has 0 amide bonds. The minimum absolute atomic E-state index is 0.219. The van der Waals surface area contributed by atoms with Crippen molar-refractivity contribution in [2.75, 3.05) is 0 Å². The fourth-order valence-corrected chi connectivity index (χ4v) is 6.06. The summed E-state index contributed by atoms with van der Waals surface area (Å²) < 4.78 is 0. The van der Waals surface area contributed by atoms with E-state index in [1.54, 1.807) is 0 Å². The van der Waals surface area contributed by atoms with Crippen molar-refractivity contribution in [1.82, 2.24) is 5.43 Å². The van der Waals surface area contributed by atoms with Crippen LogP contribution in [0.4, 0.5) is 0 Å². The molecule has 0 spiro atoms. The molecule has 0 bridgehead atoms. The highest BCUT2D eigenvalue weighted by molar-refractivity contribution is 7.80. The van der Waals surface area contributed by atoms with Crippen LogP contribution in [-0.4, -0.2) is 10.8 Å². The zero-order valence-corrected chi connectivity index (χ0v) is 19.6. The first-order chi connectivity index (χ1) is 13.1. The molecule has 0 heterocycles. The van der Waals surface area contributed by atoms with E-state index in [0.29, 0.717) is 16.7 Å². The van der Waals surface area contributed by atoms with Crippen molar-refractivity contribution in [3.05, 3.63) is 23.8 Å². The van der Waals surface area contributed by atoms with Gasteiger partial charge in [-0.1, -0.05) is 51.0 Å². The molecule has 0 aliphatic heterocycles. The van der Waals surface area contributed by atoms with Gasteiger partial charge in [0.1, 0.15) is 0 Å². The Morgan fingerprint density at radius 1 is 1.29 bits per heavy atom. The van der Waals surface area contributed by atoms with E-state index in [1.165, 1.54) is 56.1 Å². The van der Waals surface area contributed by atoms with E-state index in [2.05, 4.69) is 50.9 Å². The van der Waals surface area contributed by atoms with Crippen molar-refractivity contribution >= 4 is 23.0 Å². The van der Waals surface area contributed by atoms with Gasteiger partial charge in [0.25, 0.3) is 0 Å². The highest BCUT2D eigenvalue weighted by Crippen LogP contribution is 2.61. The number of hydrogen-bond acceptors (Lipinski definition) is 2. The van der Waals surface area contributed by atoms with Crippen molar-refractivity contribution in [2.45, 2.75) is 92.4 Å². The lowest BCUT2D eigenvalue weighted by Gasteiger charge is -2.58. The second kappa shape index (κ2) is 9.56. The fraction of sp³-hybridized carbons (Fsp3) is 0.750. The molecule has 2 aliphatic carbocycles. The molecule has 0 saturated heterocycles. The first-order valence-corrected chi connectivity index (χ1v) is 11.4. The van der Waals surface area contributed by atoms with E-state index < -0.39 is 0 Å². The summed E-state index contributed by atoms with van der Waals surface area (Å²) in [5.41, 5.74) is 13.0. The van der Waals surface area contributed by atoms with E-state index in [-0.39, 0.29) is 5.11 Å². The van der Waals surface area contributed by atoms with E-state index in [4.69, 9.17) is 18.0 Å². The Balaban J connectivity index is 1.93. The minimum atomic E-state index is 0.219. The topological polar surface area (TPSA) is 50.4 Å². The number of rotatable bonds is 7. The maximum Gasteiger partial charge on any atom is 0.184 e. The second-order valence-corrected chi connectivity index (χ2v) is 10.5. The minimum Gasteiger partial charge on any atom is -0.375 e. The van der Waals surface area contributed by atoms with Crippen molar-refractivity contribution in [1.29, 1.82) is 0 Å². The first kappa shape index (κ1) is 23.1. The fourth-order valence-electron chi connectivity index (χ4n) is 6.02. The van der Waals surface area contributed by atoms with Crippen LogP contribution in [0.3, 0.4) is 0 Å². The van der Waals surface area contributed by atoms with E-state index in [0.717, 1.165) is 24.5 Å². The molecule has 28 heavy (non-hydrogen) atoms. The van der Waals surface area contributed by atoms with E-state index in [1.807, 2.05) is 6.92 Å². The summed E-state index contributed by atoms with van der Waals surface area (Å²) in [7, 11) is 0. The van der Waals surface area contributed by atoms with Crippen molar-refractivity contribution in [3.8, 4) is 0 Å². The third-order valence-electron chi connectivity index (χ3n) is 7.50. The molecule has 0 aromatic heterocycles. The van der Waals surface area contributed by atoms with Gasteiger partial charge in [0.15, 0.2) is 5.11 Å². The molecule has 3 N–H and O–H groups in total. The predicted molar refractivity (Wildman–Crippen MR) is 126 cm³/mol. The molecule has 0 unspecified atom stereocenters. The van der Waals surface area contributed by atoms with Crippen LogP contribution in [0.5, 0.6) is 0 Å². The summed E-state index contributed by atoms with van der Waals surface area (Å²) in [4.78, 5) is 0. The van der Waals surface area contributed by atoms with Gasteiger partial charge in [-0.3, -0.25) is 5.43 Å². The average Bonchev–Trinajstić information content (AvgIpc) is 2.58. The number of nitrogens with zero attached hydrogens (tertiary/aromatic N) is 1. The Morgan fingerprint density at radius 3 is 2.68 bits per heavy atom. The Bertz CT molecular complexity index is 646. The van der Waals surface area contributed by atoms with Crippen LogP contribution in [0.15, 0.2) is 28.9 Å². The lowest BCUT2D eigenvalue weighted by molar-refractivity contribution is -0.0539. The number of nitrogens with two attached hydrogens (primary N) is 1. The maximum atomic E-state index is 5.41. The van der Waals surface area contributed by atoms with Crippen LogP contribution in [0.1, 0.15) is 92.4 Å². The molecule has 0 radical (unpaired) electrons. The molecule has 2 rings (SSSR count). The Morgan fingerprint density at radius 2 is 2.00 bits per heavy atom. The summed E-state index contributed by atoms with van der Waals surface area (Å²) in [5, 5.41) is 4.40. The summed E-state index contributed by atoms with van der Waals surface area (Å²) in [6.07, 6.45) is 13.4. The molecule has 4 heteroatoms. The van der Waals surface area contributed by atoms with Crippen molar-refractivity contribution < 1.29 is 0 Å². The van der Waals surface area contributed by atoms with Gasteiger partial charge in [-0.15, -0.1) is 0 Å². The van der Waals surface area contributed by atoms with Gasteiger partial charge in [-0.05, 0) is 100 Å². The third kappa shape index (κ3) is 5.68. The van der Waals surface area contributed by atoms with Crippen molar-refractivity contribution in [3.63, 3.8) is 0 Å². The van der Waals surface area contributed by atoms with Crippen LogP contribution < -0.4 is 11.2 Å². The van der Waals surface area contributed by atoms with Gasteiger partial charge in [-0.2, -0.15) is 5.10 Å². The smallest absolute Gasteiger partial charge is 0.184 e. The monoisotopic (exact) mass is 403 g/mol. The van der Waals surface area contributed by atoms with Gasteiger partial charge in [0.05, 0.1) is 0 Å². The summed E-state index contributed by atoms with van der Waals surface area (Å²) in [5.74, 6) is 1.51. The van der Waals surface area contributed by atoms with Gasteiger partial charge < -0.3 is 5.73 Å². The largest absolute Gasteiger partial charge is 0.375 e. The zero-order valence-electron chi connectivity index (χ0n) is 18.7. The van der Waals surface area contributed by atoms with Crippen molar-refractivity contribution in [2.24, 2.45) is 33.5 Å². The molecule has 158 valence electrons. The lowest BCUT2D eigenvalue weighted by atomic mass is 9.47. The predicted octanol–water partition coefficient (Wildman–Crippen LogP) is 6.50. The van der Waals surface area contributed by atoms with Crippen LogP contribution in [-0.2, 0) is 0 Å². The van der Waals surface area contributed by atoms with E-state index >= 15 is 0 Å². The number of allylic oxidation sites excluding steroid dienone is 3. The number of thiocarbonyl (C=S) groups is 1. The van der Waals surface area contributed by atoms with Crippen LogP contribution >= 0.6 is 12.2 Å². The number of hydrazone groups is 1. The highest BCUT2D eigenvalue weighted by atomic mass is 32.1. The Labute approximate surface area is 178 Å². The Kier molecular flexibility index (Phi) is 7.89. The Hall–Kier alpha value is -1.16. The molecule has 0 aromatic rings. The van der Waals surface area contributed by atoms with Gasteiger partial charge in [0.2, 0.25) is 0 Å². The molecule has 3 nitrogen and oxygen atoms in total. The quantitative estimate of drug-likeness (QED) is 0.221. The first-order valence-electron chi connectivity index (χ1n) is 11.0. The molecular weight excluding hydrogens is 362 g/mol. The maximum absolute atomic E-state index is 5.41. The molecule has 0 aromatic carbocycles. The van der Waals surface area contributed by atoms with Crippen LogP contribution in [0, 0.1) is 22.7 Å². The summed E-state index contributed by atoms with van der Waals surface area (Å²) >= 11 is 4.78.